The summed E-state index contributed by atoms with van der Waals surface area (Å²) in [6.45, 7) is 0. The molecule has 0 radical (unpaired) electrons. The zero-order valence-corrected chi connectivity index (χ0v) is 17.8. The van der Waals surface area contributed by atoms with Crippen LogP contribution in [-0.2, 0) is 4.57 Å². The van der Waals surface area contributed by atoms with Crippen LogP contribution in [0, 0.1) is 0 Å². The predicted octanol–water partition coefficient (Wildman–Crippen LogP) is 5.30. The van der Waals surface area contributed by atoms with E-state index < -0.39 is 14.3 Å². The Morgan fingerprint density at radius 2 is 0.759 bits per heavy atom. The fourth-order valence-corrected chi connectivity index (χ4v) is 9.78. The van der Waals surface area contributed by atoms with Gasteiger partial charge in [-0.2, -0.15) is 0 Å². The maximum atomic E-state index is 14.6. The van der Waals surface area contributed by atoms with Gasteiger partial charge in [-0.1, -0.05) is 121 Å². The Kier molecular flexibility index (Phi) is 5.69. The fourth-order valence-electron chi connectivity index (χ4n) is 3.33. The first-order chi connectivity index (χ1) is 14.1. The van der Waals surface area contributed by atoms with Crippen molar-refractivity contribution < 1.29 is 4.57 Å². The van der Waals surface area contributed by atoms with Crippen molar-refractivity contribution in [3.63, 3.8) is 0 Å². The maximum absolute atomic E-state index is 14.6. The van der Waals surface area contributed by atoms with Crippen LogP contribution in [0.1, 0.15) is 0 Å². The van der Waals surface area contributed by atoms with E-state index in [1.165, 1.54) is 0 Å². The smallest absolute Gasteiger partial charge is 0.0574 e. The highest BCUT2D eigenvalue weighted by atomic mass is 31.2. The van der Waals surface area contributed by atoms with Crippen molar-refractivity contribution >= 4 is 41.8 Å². The predicted molar refractivity (Wildman–Crippen MR) is 129 cm³/mol. The summed E-state index contributed by atoms with van der Waals surface area (Å²) in [6, 6.07) is 39.2. The molecule has 4 heteroatoms. The largest absolute Gasteiger partial charge is 0.562 e. The van der Waals surface area contributed by atoms with Crippen molar-refractivity contribution in [1.29, 1.82) is 0 Å². The lowest BCUT2D eigenvalue weighted by molar-refractivity contribution is 0.592. The average Bonchev–Trinajstić information content (AvgIpc) is 2.81. The molecule has 0 fully saturated rings. The van der Waals surface area contributed by atoms with E-state index in [0.29, 0.717) is 0 Å². The van der Waals surface area contributed by atoms with Crippen LogP contribution < -0.4 is 21.2 Å². The van der Waals surface area contributed by atoms with Crippen LogP contribution in [-0.4, -0.2) is 6.30 Å². The molecule has 144 valence electrons. The molecule has 0 saturated carbocycles. The Morgan fingerprint density at radius 1 is 0.483 bits per heavy atom. The van der Waals surface area contributed by atoms with Crippen LogP contribution >= 0.6 is 14.3 Å². The van der Waals surface area contributed by atoms with Gasteiger partial charge in [-0.25, -0.2) is 0 Å². The second kappa shape index (κ2) is 8.39. The van der Waals surface area contributed by atoms with Crippen molar-refractivity contribution in [2.24, 2.45) is 0 Å². The summed E-state index contributed by atoms with van der Waals surface area (Å²) in [5.74, 6) is 0. The van der Waals surface area contributed by atoms with Gasteiger partial charge in [-0.05, 0) is 21.2 Å². The molecule has 0 N–H and O–H groups in total. The van der Waals surface area contributed by atoms with Gasteiger partial charge < -0.3 is 9.42 Å². The van der Waals surface area contributed by atoms with E-state index in [4.69, 9.17) is 4.86 Å². The van der Waals surface area contributed by atoms with Crippen LogP contribution in [0.5, 0.6) is 0 Å². The Hall–Kier alpha value is -2.63. The van der Waals surface area contributed by atoms with Crippen LogP contribution in [0.3, 0.4) is 0 Å². The number of hydrogen-bond acceptors (Lipinski definition) is 1. The lowest BCUT2D eigenvalue weighted by Gasteiger charge is -2.46. The summed E-state index contributed by atoms with van der Waals surface area (Å²) in [6.07, 6.45) is 4.62. The molecule has 4 aromatic rings. The minimum atomic E-state index is -3.26. The molecule has 2 nitrogen and oxygen atoms in total. The number of hydrogen-bond donors (Lipinski definition) is 0. The molecule has 0 unspecified atom stereocenters. The Morgan fingerprint density at radius 3 is 1.07 bits per heavy atom. The molecular weight excluding hydrogens is 392 g/mol. The van der Waals surface area contributed by atoms with Gasteiger partial charge in [0.15, 0.2) is 0 Å². The van der Waals surface area contributed by atoms with E-state index >= 15 is 0 Å². The Labute approximate surface area is 172 Å². The van der Waals surface area contributed by atoms with Gasteiger partial charge >= 0.3 is 0 Å². The molecule has 4 rings (SSSR count). The molecule has 0 aliphatic carbocycles. The van der Waals surface area contributed by atoms with Gasteiger partial charge in [0.1, 0.15) is 0 Å². The summed E-state index contributed by atoms with van der Waals surface area (Å²) in [4.78, 5) is 5.18. The lowest BCUT2D eigenvalue weighted by atomic mass is 10.4. The van der Waals surface area contributed by atoms with E-state index in [1.54, 1.807) is 0 Å². The van der Waals surface area contributed by atoms with Gasteiger partial charge in [0.25, 0.3) is 0 Å². The second-order valence-electron chi connectivity index (χ2n) is 6.78. The lowest BCUT2D eigenvalue weighted by Crippen LogP contribution is -2.20. The molecule has 0 amide bonds. The topological polar surface area (TPSA) is 31.2 Å². The summed E-state index contributed by atoms with van der Waals surface area (Å²) in [5.41, 5.74) is 0. The number of rotatable bonds is 6. The molecule has 4 aromatic carbocycles. The summed E-state index contributed by atoms with van der Waals surface area (Å²) >= 11 is 0. The SMILES string of the molecule is C=P([N-]P(=O)(c1ccccc1)c1ccccc1)(c1ccccc1)c1ccccc1. The Balaban J connectivity index is 1.93. The minimum Gasteiger partial charge on any atom is -0.562 e. The second-order valence-corrected chi connectivity index (χ2v) is 12.2. The summed E-state index contributed by atoms with van der Waals surface area (Å²) in [7, 11) is -5.78. The van der Waals surface area contributed by atoms with E-state index in [2.05, 4.69) is 6.30 Å². The van der Waals surface area contributed by atoms with E-state index in [-0.39, 0.29) is 0 Å². The van der Waals surface area contributed by atoms with Crippen LogP contribution in [0.25, 0.3) is 4.86 Å². The maximum Gasteiger partial charge on any atom is 0.0574 e. The fraction of sp³-hybridized carbons (Fsp3) is 0. The molecule has 0 bridgehead atoms. The van der Waals surface area contributed by atoms with Gasteiger partial charge in [0.2, 0.25) is 0 Å². The summed E-state index contributed by atoms with van der Waals surface area (Å²) in [5, 5.41) is 3.48. The standard InChI is InChI=1S/C25H22NOP2/c1-28(22-14-6-2-7-15-22,23-16-8-3-9-17-23)26-29(27,24-18-10-4-11-19-24)25-20-12-5-13-21-25/h2-21H,1H2/q-1. The normalized spacial score (nSPS) is 11.9. The van der Waals surface area contributed by atoms with E-state index in [1.807, 2.05) is 121 Å². The first-order valence-electron chi connectivity index (χ1n) is 9.44. The van der Waals surface area contributed by atoms with E-state index in [0.717, 1.165) is 21.2 Å². The molecule has 0 atom stereocenters. The van der Waals surface area contributed by atoms with Crippen LogP contribution in [0.15, 0.2) is 121 Å². The van der Waals surface area contributed by atoms with Crippen LogP contribution in [0.2, 0.25) is 0 Å². The molecule has 0 saturated heterocycles. The zero-order valence-electron chi connectivity index (χ0n) is 16.0. The first kappa shape index (κ1) is 19.7. The third-order valence-corrected chi connectivity index (χ3v) is 11.4. The average molecular weight is 414 g/mol. The van der Waals surface area contributed by atoms with Gasteiger partial charge in [-0.3, -0.25) is 0 Å². The number of nitrogens with zero attached hydrogens (tertiary/aromatic N) is 1. The quantitative estimate of drug-likeness (QED) is 0.394. The highest BCUT2D eigenvalue weighted by Gasteiger charge is 2.23. The molecule has 0 aliphatic rings. The molecule has 29 heavy (non-hydrogen) atoms. The van der Waals surface area contributed by atoms with E-state index in [9.17, 15) is 4.57 Å². The van der Waals surface area contributed by atoms with Crippen molar-refractivity contribution in [2.75, 3.05) is 0 Å². The van der Waals surface area contributed by atoms with Crippen molar-refractivity contribution in [3.05, 3.63) is 126 Å². The molecule has 0 spiro atoms. The van der Waals surface area contributed by atoms with Crippen molar-refractivity contribution in [2.45, 2.75) is 0 Å². The molecule has 0 aliphatic heterocycles. The number of benzene rings is 4. The third kappa shape index (κ3) is 3.93. The van der Waals surface area contributed by atoms with Crippen molar-refractivity contribution in [1.82, 2.24) is 0 Å². The molecule has 0 aromatic heterocycles. The third-order valence-electron chi connectivity index (χ3n) is 4.86. The van der Waals surface area contributed by atoms with Gasteiger partial charge in [0, 0.05) is 0 Å². The monoisotopic (exact) mass is 414 g/mol. The summed E-state index contributed by atoms with van der Waals surface area (Å²) < 4.78 is 14.6. The van der Waals surface area contributed by atoms with Gasteiger partial charge in [0.05, 0.1) is 7.29 Å². The zero-order chi connectivity index (χ0) is 20.2. The Bertz CT molecular complexity index is 979. The minimum absolute atomic E-state index is 0.728. The molecule has 0 heterocycles. The highest BCUT2D eigenvalue weighted by Crippen LogP contribution is 2.67. The van der Waals surface area contributed by atoms with Crippen molar-refractivity contribution in [3.8, 4) is 0 Å². The molecular formula is C25H22NOP2-. The van der Waals surface area contributed by atoms with Crippen LogP contribution in [0.4, 0.5) is 0 Å². The highest BCUT2D eigenvalue weighted by molar-refractivity contribution is 8.02. The van der Waals surface area contributed by atoms with Gasteiger partial charge in [-0.15, -0.1) is 13.3 Å². The first-order valence-corrected chi connectivity index (χ1v) is 13.0.